The van der Waals surface area contributed by atoms with Crippen molar-refractivity contribution in [1.82, 2.24) is 0 Å². The minimum atomic E-state index is -0.112. The highest BCUT2D eigenvalue weighted by atomic mass is 16.3. The monoisotopic (exact) mass is 133 g/mol. The summed E-state index contributed by atoms with van der Waals surface area (Å²) in [5.41, 5.74) is 5.57. The molecule has 2 atom stereocenters. The Morgan fingerprint density at radius 1 is 1.33 bits per heavy atom. The highest BCUT2D eigenvalue weighted by Crippen LogP contribution is 2.15. The Balaban J connectivity index is 0.000000640. The maximum atomic E-state index is 9.00. The number of hydrogen-bond acceptors (Lipinski definition) is 2. The van der Waals surface area contributed by atoms with Gasteiger partial charge in [0.2, 0.25) is 0 Å². The summed E-state index contributed by atoms with van der Waals surface area (Å²) >= 11 is 0. The van der Waals surface area contributed by atoms with E-state index in [1.807, 2.05) is 0 Å². The Kier molecular flexibility index (Phi) is 3.77. The number of hydrogen-bond donors (Lipinski definition) is 2. The van der Waals surface area contributed by atoms with Gasteiger partial charge in [0.1, 0.15) is 0 Å². The number of nitrogens with two attached hydrogens (primary N) is 1. The maximum Gasteiger partial charge on any atom is 0.0555 e. The maximum absolute atomic E-state index is 9.00. The first-order valence-electron chi connectivity index (χ1n) is 3.22. The van der Waals surface area contributed by atoms with E-state index >= 15 is 0 Å². The minimum Gasteiger partial charge on any atom is -0.412 e. The van der Waals surface area contributed by atoms with E-state index in [-0.39, 0.29) is 17.6 Å². The Morgan fingerprint density at radius 3 is 2.33 bits per heavy atom. The third kappa shape index (κ3) is 2.79. The van der Waals surface area contributed by atoms with Crippen molar-refractivity contribution < 1.29 is 10.6 Å². The average molecular weight is 133 g/mol. The lowest BCUT2D eigenvalue weighted by Crippen LogP contribution is -2.30. The number of aliphatic hydroxyl groups is 1. The van der Waals surface area contributed by atoms with Crippen molar-refractivity contribution in [3.8, 4) is 0 Å². The first-order chi connectivity index (χ1) is 3.79. The molecule has 56 valence electrons. The van der Waals surface area contributed by atoms with E-state index in [1.54, 1.807) is 0 Å². The predicted octanol–water partition coefficient (Wildman–Crippen LogP) is -0.576. The van der Waals surface area contributed by atoms with Crippen LogP contribution in [-0.4, -0.2) is 22.7 Å². The van der Waals surface area contributed by atoms with E-state index in [2.05, 4.69) is 0 Å². The summed E-state index contributed by atoms with van der Waals surface area (Å²) in [6, 6.07) is 0.263. The topological polar surface area (TPSA) is 77.8 Å². The predicted molar refractivity (Wildman–Crippen MR) is 36.1 cm³/mol. The molecule has 2 unspecified atom stereocenters. The molecule has 0 saturated heterocycles. The summed E-state index contributed by atoms with van der Waals surface area (Å²) in [5, 5.41) is 9.00. The van der Waals surface area contributed by atoms with Gasteiger partial charge in [-0.25, -0.2) is 0 Å². The second kappa shape index (κ2) is 3.82. The van der Waals surface area contributed by atoms with Crippen LogP contribution in [0.25, 0.3) is 0 Å². The fraction of sp³-hybridized carbons (Fsp3) is 1.00. The third-order valence-corrected chi connectivity index (χ3v) is 1.69. The molecule has 0 aromatic rings. The van der Waals surface area contributed by atoms with Crippen LogP contribution in [-0.2, 0) is 0 Å². The molecule has 0 amide bonds. The van der Waals surface area contributed by atoms with Gasteiger partial charge < -0.3 is 16.3 Å². The van der Waals surface area contributed by atoms with Crippen molar-refractivity contribution in [2.75, 3.05) is 0 Å². The first kappa shape index (κ1) is 8.88. The van der Waals surface area contributed by atoms with E-state index in [0.29, 0.717) is 0 Å². The molecule has 0 radical (unpaired) electrons. The summed E-state index contributed by atoms with van der Waals surface area (Å²) in [6.45, 7) is 0. The summed E-state index contributed by atoms with van der Waals surface area (Å²) in [5.74, 6) is 0. The zero-order valence-electron chi connectivity index (χ0n) is 5.51. The zero-order valence-corrected chi connectivity index (χ0v) is 5.51. The minimum absolute atomic E-state index is 0. The van der Waals surface area contributed by atoms with E-state index in [1.165, 1.54) is 0 Å². The van der Waals surface area contributed by atoms with E-state index in [4.69, 9.17) is 10.8 Å². The molecule has 1 saturated carbocycles. The van der Waals surface area contributed by atoms with Gasteiger partial charge in [-0.1, -0.05) is 0 Å². The highest BCUT2D eigenvalue weighted by molar-refractivity contribution is 4.73. The van der Waals surface area contributed by atoms with Gasteiger partial charge in [0.05, 0.1) is 6.10 Å². The Morgan fingerprint density at radius 2 is 2.00 bits per heavy atom. The molecule has 1 aliphatic rings. The lowest BCUT2D eigenvalue weighted by molar-refractivity contribution is 0.120. The van der Waals surface area contributed by atoms with E-state index in [0.717, 1.165) is 25.7 Å². The molecular formula is C6H15NO2. The van der Waals surface area contributed by atoms with Crippen molar-refractivity contribution >= 4 is 0 Å². The molecule has 1 aliphatic carbocycles. The molecule has 0 bridgehead atoms. The molecule has 3 heteroatoms. The lowest BCUT2D eigenvalue weighted by atomic mass is 9.94. The Bertz CT molecular complexity index is 69.5. The van der Waals surface area contributed by atoms with Crippen molar-refractivity contribution in [2.45, 2.75) is 37.8 Å². The molecular weight excluding hydrogens is 118 g/mol. The molecule has 1 rings (SSSR count). The quantitative estimate of drug-likeness (QED) is 0.464. The molecule has 0 aromatic carbocycles. The standard InChI is InChI=1S/C6H13NO.H2O/c7-5-2-1-3-6(8)4-5;/h5-6,8H,1-4,7H2;1H2. The van der Waals surface area contributed by atoms with Gasteiger partial charge >= 0.3 is 0 Å². The summed E-state index contributed by atoms with van der Waals surface area (Å²) in [7, 11) is 0. The van der Waals surface area contributed by atoms with Gasteiger partial charge in [0.15, 0.2) is 0 Å². The van der Waals surface area contributed by atoms with Crippen molar-refractivity contribution in [1.29, 1.82) is 0 Å². The largest absolute Gasteiger partial charge is 0.412 e. The average Bonchev–Trinajstić information content (AvgIpc) is 1.64. The third-order valence-electron chi connectivity index (χ3n) is 1.69. The van der Waals surface area contributed by atoms with Gasteiger partial charge in [-0.05, 0) is 25.7 Å². The molecule has 5 N–H and O–H groups in total. The van der Waals surface area contributed by atoms with Crippen LogP contribution >= 0.6 is 0 Å². The van der Waals surface area contributed by atoms with Crippen LogP contribution in [0.1, 0.15) is 25.7 Å². The van der Waals surface area contributed by atoms with Crippen LogP contribution in [0.15, 0.2) is 0 Å². The van der Waals surface area contributed by atoms with Gasteiger partial charge in [-0.15, -0.1) is 0 Å². The molecule has 9 heavy (non-hydrogen) atoms. The zero-order chi connectivity index (χ0) is 5.98. The molecule has 0 spiro atoms. The second-order valence-corrected chi connectivity index (χ2v) is 2.58. The molecule has 0 heterocycles. The van der Waals surface area contributed by atoms with Crippen molar-refractivity contribution in [2.24, 2.45) is 5.73 Å². The van der Waals surface area contributed by atoms with Crippen LogP contribution in [0.4, 0.5) is 0 Å². The van der Waals surface area contributed by atoms with E-state index in [9.17, 15) is 0 Å². The number of rotatable bonds is 0. The van der Waals surface area contributed by atoms with Gasteiger partial charge in [-0.2, -0.15) is 0 Å². The van der Waals surface area contributed by atoms with Crippen LogP contribution in [0.5, 0.6) is 0 Å². The lowest BCUT2D eigenvalue weighted by Gasteiger charge is -2.21. The molecule has 1 fully saturated rings. The molecule has 0 aromatic heterocycles. The van der Waals surface area contributed by atoms with Gasteiger partial charge in [-0.3, -0.25) is 0 Å². The van der Waals surface area contributed by atoms with Crippen LogP contribution in [0, 0.1) is 0 Å². The van der Waals surface area contributed by atoms with Crippen molar-refractivity contribution in [3.63, 3.8) is 0 Å². The van der Waals surface area contributed by atoms with Crippen molar-refractivity contribution in [3.05, 3.63) is 0 Å². The fourth-order valence-electron chi connectivity index (χ4n) is 1.20. The normalized spacial score (nSPS) is 35.3. The SMILES string of the molecule is NC1CCCC(O)C1.O. The summed E-state index contributed by atoms with van der Waals surface area (Å²) in [6.07, 6.45) is 3.84. The van der Waals surface area contributed by atoms with Crippen LogP contribution in [0.3, 0.4) is 0 Å². The smallest absolute Gasteiger partial charge is 0.0555 e. The first-order valence-corrected chi connectivity index (χ1v) is 3.22. The van der Waals surface area contributed by atoms with Crippen LogP contribution < -0.4 is 5.73 Å². The summed E-state index contributed by atoms with van der Waals surface area (Å²) in [4.78, 5) is 0. The summed E-state index contributed by atoms with van der Waals surface area (Å²) < 4.78 is 0. The number of aliphatic hydroxyl groups excluding tert-OH is 1. The second-order valence-electron chi connectivity index (χ2n) is 2.58. The fourth-order valence-corrected chi connectivity index (χ4v) is 1.20. The van der Waals surface area contributed by atoms with Gasteiger partial charge in [0.25, 0.3) is 0 Å². The highest BCUT2D eigenvalue weighted by Gasteiger charge is 2.15. The molecule has 3 nitrogen and oxygen atoms in total. The Hall–Kier alpha value is -0.120. The Labute approximate surface area is 55.2 Å². The van der Waals surface area contributed by atoms with E-state index < -0.39 is 0 Å². The van der Waals surface area contributed by atoms with Gasteiger partial charge in [0, 0.05) is 6.04 Å². The molecule has 0 aliphatic heterocycles. The van der Waals surface area contributed by atoms with Crippen LogP contribution in [0.2, 0.25) is 0 Å².